The third-order valence-electron chi connectivity index (χ3n) is 7.29. The predicted octanol–water partition coefficient (Wildman–Crippen LogP) is 5.49. The van der Waals surface area contributed by atoms with Gasteiger partial charge in [-0.25, -0.2) is 0 Å². The predicted molar refractivity (Wildman–Crippen MR) is 149 cm³/mol. The second kappa shape index (κ2) is 8.15. The van der Waals surface area contributed by atoms with Crippen molar-refractivity contribution in [2.45, 2.75) is 12.8 Å². The Morgan fingerprint density at radius 3 is 1.49 bits per heavy atom. The van der Waals surface area contributed by atoms with Gasteiger partial charge in [-0.15, -0.1) is 22.7 Å². The van der Waals surface area contributed by atoms with Gasteiger partial charge in [0.05, 0.1) is 14.2 Å². The van der Waals surface area contributed by atoms with Gasteiger partial charge in [-0.1, -0.05) is 23.7 Å². The zero-order valence-electron chi connectivity index (χ0n) is 19.6. The summed E-state index contributed by atoms with van der Waals surface area (Å²) in [6.45, 7) is 0.336. The summed E-state index contributed by atoms with van der Waals surface area (Å²) >= 11 is 3.93. The van der Waals surface area contributed by atoms with Crippen molar-refractivity contribution in [3.63, 3.8) is 0 Å². The lowest BCUT2D eigenvalue weighted by atomic mass is 9.36. The smallest absolute Gasteiger partial charge is 0.267 e. The lowest BCUT2D eigenvalue weighted by Crippen LogP contribution is -2.58. The summed E-state index contributed by atoms with van der Waals surface area (Å²) in [6.07, 6.45) is 2.04. The van der Waals surface area contributed by atoms with E-state index in [1.54, 1.807) is 19.7 Å². The second-order valence-electron chi connectivity index (χ2n) is 9.23. The van der Waals surface area contributed by atoms with E-state index in [2.05, 4.69) is 78.9 Å². The van der Waals surface area contributed by atoms with Crippen LogP contribution in [0, 0.1) is 0 Å². The molecule has 0 radical (unpaired) electrons. The first-order valence-electron chi connectivity index (χ1n) is 11.9. The fourth-order valence-corrected chi connectivity index (χ4v) is 8.27. The van der Waals surface area contributed by atoms with Crippen LogP contribution in [-0.4, -0.2) is 20.9 Å². The Morgan fingerprint density at radius 1 is 0.600 bits per heavy atom. The molecule has 170 valence electrons. The molecule has 5 heteroatoms. The highest BCUT2D eigenvalue weighted by molar-refractivity contribution is 7.37. The zero-order chi connectivity index (χ0) is 23.5. The number of methoxy groups -OCH3 is 2. The lowest BCUT2D eigenvalue weighted by Gasteiger charge is -2.30. The molecule has 0 saturated carbocycles. The van der Waals surface area contributed by atoms with Crippen LogP contribution < -0.4 is 24.5 Å². The van der Waals surface area contributed by atoms with Gasteiger partial charge in [0.25, 0.3) is 6.71 Å². The fourth-order valence-electron chi connectivity index (χ4n) is 5.58. The van der Waals surface area contributed by atoms with E-state index in [0.717, 1.165) is 24.3 Å². The molecule has 2 aliphatic heterocycles. The topological polar surface area (TPSA) is 18.5 Å². The standard InChI is InChI=1S/C30H23BO2S2/c1-32-24-10-6-18(7-11-24)26-16-22-14-20-4-3-5-21-15-23-17-27(19-8-12-25(33-2)13-9-19)35-30(23)31(28(20)21)29(22)34-26/h3-13,16-17H,14-15H2,1-2H3. The molecule has 4 heterocycles. The van der Waals surface area contributed by atoms with Crippen molar-refractivity contribution in [1.29, 1.82) is 0 Å². The number of thiophene rings is 2. The van der Waals surface area contributed by atoms with Crippen molar-refractivity contribution in [2.75, 3.05) is 14.2 Å². The maximum Gasteiger partial charge on any atom is 0.267 e. The average Bonchev–Trinajstić information content (AvgIpc) is 3.53. The van der Waals surface area contributed by atoms with Gasteiger partial charge in [0.2, 0.25) is 0 Å². The second-order valence-corrected chi connectivity index (χ2v) is 11.4. The minimum absolute atomic E-state index is 0.336. The molecule has 2 aliphatic rings. The highest BCUT2D eigenvalue weighted by Gasteiger charge is 2.39. The Bertz CT molecular complexity index is 1450. The third kappa shape index (κ3) is 3.37. The molecule has 0 spiro atoms. The molecular weight excluding hydrogens is 467 g/mol. The minimum atomic E-state index is 0.336. The molecule has 3 aromatic carbocycles. The van der Waals surface area contributed by atoms with Crippen LogP contribution in [0.25, 0.3) is 20.9 Å². The van der Waals surface area contributed by atoms with Crippen LogP contribution in [0.5, 0.6) is 11.5 Å². The third-order valence-corrected chi connectivity index (χ3v) is 9.88. The number of hydrogen-bond donors (Lipinski definition) is 0. The molecule has 2 aromatic heterocycles. The molecule has 0 amide bonds. The van der Waals surface area contributed by atoms with Gasteiger partial charge in [0, 0.05) is 9.75 Å². The molecule has 0 atom stereocenters. The first kappa shape index (κ1) is 21.0. The molecule has 0 aliphatic carbocycles. The van der Waals surface area contributed by atoms with E-state index in [9.17, 15) is 0 Å². The first-order chi connectivity index (χ1) is 17.2. The Morgan fingerprint density at radius 2 is 1.06 bits per heavy atom. The number of fused-ring (bicyclic) bond motifs is 4. The van der Waals surface area contributed by atoms with Gasteiger partial charge < -0.3 is 9.47 Å². The van der Waals surface area contributed by atoms with Crippen molar-refractivity contribution in [3.05, 3.63) is 101 Å². The van der Waals surface area contributed by atoms with Crippen molar-refractivity contribution in [1.82, 2.24) is 0 Å². The number of ether oxygens (including phenoxy) is 2. The summed E-state index contributed by atoms with van der Waals surface area (Å²) in [5.74, 6) is 1.79. The molecule has 2 nitrogen and oxygen atoms in total. The van der Waals surface area contributed by atoms with Gasteiger partial charge >= 0.3 is 0 Å². The van der Waals surface area contributed by atoms with Gasteiger partial charge in [0.1, 0.15) is 11.5 Å². The van der Waals surface area contributed by atoms with Crippen molar-refractivity contribution >= 4 is 44.4 Å². The zero-order valence-corrected chi connectivity index (χ0v) is 21.3. The molecule has 0 saturated heterocycles. The minimum Gasteiger partial charge on any atom is -0.497 e. The van der Waals surface area contributed by atoms with E-state index in [1.165, 1.54) is 52.7 Å². The highest BCUT2D eigenvalue weighted by Crippen LogP contribution is 2.35. The number of rotatable bonds is 4. The van der Waals surface area contributed by atoms with E-state index >= 15 is 0 Å². The van der Waals surface area contributed by atoms with E-state index < -0.39 is 0 Å². The van der Waals surface area contributed by atoms with Crippen LogP contribution in [0.4, 0.5) is 0 Å². The van der Waals surface area contributed by atoms with E-state index in [4.69, 9.17) is 9.47 Å². The Kier molecular flexibility index (Phi) is 4.90. The average molecular weight is 490 g/mol. The van der Waals surface area contributed by atoms with Crippen molar-refractivity contribution in [3.8, 4) is 32.4 Å². The van der Waals surface area contributed by atoms with Gasteiger partial charge in [-0.2, -0.15) is 0 Å². The molecule has 0 fully saturated rings. The van der Waals surface area contributed by atoms with Crippen LogP contribution in [0.2, 0.25) is 0 Å². The van der Waals surface area contributed by atoms with Gasteiger partial charge in [-0.3, -0.25) is 0 Å². The van der Waals surface area contributed by atoms with Crippen LogP contribution in [0.1, 0.15) is 22.3 Å². The quantitative estimate of drug-likeness (QED) is 0.304. The first-order valence-corrected chi connectivity index (χ1v) is 13.5. The van der Waals surface area contributed by atoms with Crippen LogP contribution in [0.3, 0.4) is 0 Å². The fraction of sp³-hybridized carbons (Fsp3) is 0.133. The summed E-state index contributed by atoms with van der Waals surface area (Å²) in [5, 5.41) is 0. The molecule has 7 rings (SSSR count). The SMILES string of the molecule is COc1ccc(-c2cc3c(s2)B2c4sc(-c5ccc(OC)cc5)cc4Cc4cccc(c42)C3)cc1. The summed E-state index contributed by atoms with van der Waals surface area (Å²) in [4.78, 5) is 2.68. The largest absolute Gasteiger partial charge is 0.497 e. The molecule has 0 N–H and O–H groups in total. The Hall–Kier alpha value is -3.28. The van der Waals surface area contributed by atoms with Crippen LogP contribution in [-0.2, 0) is 12.8 Å². The normalized spacial score (nSPS) is 13.1. The van der Waals surface area contributed by atoms with Crippen LogP contribution in [0.15, 0.2) is 78.9 Å². The number of hydrogen-bond acceptors (Lipinski definition) is 4. The van der Waals surface area contributed by atoms with E-state index in [1.807, 2.05) is 22.7 Å². The van der Waals surface area contributed by atoms with Crippen molar-refractivity contribution in [2.24, 2.45) is 0 Å². The molecule has 0 unspecified atom stereocenters. The maximum absolute atomic E-state index is 5.37. The Labute approximate surface area is 213 Å². The Balaban J connectivity index is 1.36. The monoisotopic (exact) mass is 490 g/mol. The lowest BCUT2D eigenvalue weighted by molar-refractivity contribution is 0.415. The van der Waals surface area contributed by atoms with Crippen LogP contribution >= 0.6 is 22.7 Å². The maximum atomic E-state index is 5.37. The molecule has 0 bridgehead atoms. The highest BCUT2D eigenvalue weighted by atomic mass is 32.1. The van der Waals surface area contributed by atoms with E-state index in [-0.39, 0.29) is 0 Å². The molecular formula is C30H23BO2S2. The summed E-state index contributed by atoms with van der Waals surface area (Å²) < 4.78 is 13.8. The van der Waals surface area contributed by atoms with E-state index in [0.29, 0.717) is 6.71 Å². The van der Waals surface area contributed by atoms with Crippen molar-refractivity contribution < 1.29 is 9.47 Å². The number of benzene rings is 3. The van der Waals surface area contributed by atoms with Gasteiger partial charge in [-0.05, 0) is 116 Å². The summed E-state index contributed by atoms with van der Waals surface area (Å²) in [7, 11) is 3.44. The molecule has 5 aromatic rings. The summed E-state index contributed by atoms with van der Waals surface area (Å²) in [5.41, 5.74) is 10.0. The summed E-state index contributed by atoms with van der Waals surface area (Å²) in [6, 6.07) is 28.7. The molecule has 35 heavy (non-hydrogen) atoms. The van der Waals surface area contributed by atoms with Gasteiger partial charge in [0.15, 0.2) is 0 Å².